The summed E-state index contributed by atoms with van der Waals surface area (Å²) >= 11 is 7.17. The van der Waals surface area contributed by atoms with E-state index in [-0.39, 0.29) is 23.9 Å². The van der Waals surface area contributed by atoms with Gasteiger partial charge in [-0.25, -0.2) is 0 Å². The first kappa shape index (κ1) is 28.2. The standard InChI is InChI=1S/C27H23ClF3N5O2S/c1-16-10-11-18(12-17(16)2)25(38)32-14-23-34-35-26(36(23)20-7-5-6-19(28)13-20)39-15-24(37)33-22-9-4-3-8-21(22)27(29,30)31/h3-13H,14-15H2,1-2H3,(H,32,38)(H,33,37). The van der Waals surface area contributed by atoms with Crippen molar-refractivity contribution in [2.45, 2.75) is 31.7 Å². The third-order valence-corrected chi connectivity index (χ3v) is 6.95. The molecule has 0 atom stereocenters. The third kappa shape index (κ3) is 6.98. The molecule has 12 heteroatoms. The maximum atomic E-state index is 13.3. The summed E-state index contributed by atoms with van der Waals surface area (Å²) in [5, 5.41) is 14.2. The van der Waals surface area contributed by atoms with Gasteiger partial charge in [-0.1, -0.05) is 47.6 Å². The summed E-state index contributed by atoms with van der Waals surface area (Å²) in [5.41, 5.74) is 1.87. The minimum Gasteiger partial charge on any atom is -0.345 e. The lowest BCUT2D eigenvalue weighted by Gasteiger charge is -2.14. The average Bonchev–Trinajstić information content (AvgIpc) is 3.30. The number of aryl methyl sites for hydroxylation is 2. The van der Waals surface area contributed by atoms with E-state index < -0.39 is 17.6 Å². The van der Waals surface area contributed by atoms with Gasteiger partial charge in [-0.3, -0.25) is 14.2 Å². The van der Waals surface area contributed by atoms with Crippen LogP contribution in [0.1, 0.15) is 32.9 Å². The van der Waals surface area contributed by atoms with E-state index in [0.717, 1.165) is 29.0 Å². The topological polar surface area (TPSA) is 88.9 Å². The summed E-state index contributed by atoms with van der Waals surface area (Å²) in [6, 6.07) is 17.0. The molecule has 7 nitrogen and oxygen atoms in total. The second-order valence-electron chi connectivity index (χ2n) is 8.58. The summed E-state index contributed by atoms with van der Waals surface area (Å²) < 4.78 is 41.5. The van der Waals surface area contributed by atoms with Crippen molar-refractivity contribution in [3.8, 4) is 5.69 Å². The molecular formula is C27H23ClF3N5O2S. The number of anilines is 1. The summed E-state index contributed by atoms with van der Waals surface area (Å²) in [7, 11) is 0. The molecule has 0 aliphatic heterocycles. The number of hydrogen-bond acceptors (Lipinski definition) is 5. The van der Waals surface area contributed by atoms with E-state index in [1.54, 1.807) is 41.0 Å². The Bertz CT molecular complexity index is 1520. The molecule has 2 N–H and O–H groups in total. The molecule has 0 aliphatic carbocycles. The van der Waals surface area contributed by atoms with Crippen molar-refractivity contribution in [3.05, 3.63) is 99.8 Å². The predicted molar refractivity (Wildman–Crippen MR) is 144 cm³/mol. The molecule has 0 saturated heterocycles. The second kappa shape index (κ2) is 11.9. The second-order valence-corrected chi connectivity index (χ2v) is 9.95. The van der Waals surface area contributed by atoms with E-state index in [2.05, 4.69) is 20.8 Å². The van der Waals surface area contributed by atoms with Gasteiger partial charge in [0.25, 0.3) is 5.91 Å². The lowest BCUT2D eigenvalue weighted by molar-refractivity contribution is -0.137. The van der Waals surface area contributed by atoms with Crippen molar-refractivity contribution in [1.82, 2.24) is 20.1 Å². The Morgan fingerprint density at radius 3 is 2.46 bits per heavy atom. The highest BCUT2D eigenvalue weighted by atomic mass is 35.5. The molecule has 0 unspecified atom stereocenters. The molecule has 202 valence electrons. The van der Waals surface area contributed by atoms with Crippen LogP contribution in [-0.2, 0) is 17.5 Å². The van der Waals surface area contributed by atoms with Gasteiger partial charge in [0.05, 0.1) is 29.2 Å². The number of carbonyl (C=O) groups is 2. The molecule has 0 spiro atoms. The number of carbonyl (C=O) groups excluding carboxylic acids is 2. The van der Waals surface area contributed by atoms with E-state index in [4.69, 9.17) is 11.6 Å². The van der Waals surface area contributed by atoms with Crippen molar-refractivity contribution in [1.29, 1.82) is 0 Å². The van der Waals surface area contributed by atoms with Crippen LogP contribution in [0.3, 0.4) is 0 Å². The highest BCUT2D eigenvalue weighted by molar-refractivity contribution is 7.99. The van der Waals surface area contributed by atoms with Crippen LogP contribution in [0.2, 0.25) is 5.02 Å². The SMILES string of the molecule is Cc1ccc(C(=O)NCc2nnc(SCC(=O)Nc3ccccc3C(F)(F)F)n2-c2cccc(Cl)c2)cc1C. The first-order valence-corrected chi connectivity index (χ1v) is 13.0. The lowest BCUT2D eigenvalue weighted by atomic mass is 10.1. The largest absolute Gasteiger partial charge is 0.418 e. The molecule has 0 fully saturated rings. The van der Waals surface area contributed by atoms with Crippen molar-refractivity contribution in [3.63, 3.8) is 0 Å². The van der Waals surface area contributed by atoms with Crippen molar-refractivity contribution in [2.24, 2.45) is 0 Å². The molecule has 1 aromatic heterocycles. The Hall–Kier alpha value is -3.83. The van der Waals surface area contributed by atoms with Gasteiger partial charge in [-0.2, -0.15) is 13.2 Å². The van der Waals surface area contributed by atoms with Gasteiger partial charge < -0.3 is 10.6 Å². The number of nitrogens with one attached hydrogen (secondary N) is 2. The highest BCUT2D eigenvalue weighted by Crippen LogP contribution is 2.34. The smallest absolute Gasteiger partial charge is 0.345 e. The number of para-hydroxylation sites is 1. The van der Waals surface area contributed by atoms with Gasteiger partial charge in [-0.05, 0) is 67.4 Å². The third-order valence-electron chi connectivity index (χ3n) is 5.78. The zero-order valence-electron chi connectivity index (χ0n) is 20.8. The molecule has 2 amide bonds. The molecule has 0 bridgehead atoms. The Labute approximate surface area is 231 Å². The molecular weight excluding hydrogens is 551 g/mol. The van der Waals surface area contributed by atoms with E-state index in [0.29, 0.717) is 27.3 Å². The summed E-state index contributed by atoms with van der Waals surface area (Å²) in [6.07, 6.45) is -4.61. The van der Waals surface area contributed by atoms with Crippen molar-refractivity contribution >= 4 is 40.9 Å². The van der Waals surface area contributed by atoms with E-state index >= 15 is 0 Å². The predicted octanol–water partition coefficient (Wildman–Crippen LogP) is 6.22. The van der Waals surface area contributed by atoms with Crippen LogP contribution in [-0.4, -0.2) is 32.3 Å². The molecule has 0 radical (unpaired) electrons. The number of aromatic nitrogens is 3. The molecule has 1 heterocycles. The molecule has 0 aliphatic rings. The van der Waals surface area contributed by atoms with Gasteiger partial charge in [0.1, 0.15) is 0 Å². The Balaban J connectivity index is 1.52. The number of nitrogens with zero attached hydrogens (tertiary/aromatic N) is 3. The van der Waals surface area contributed by atoms with E-state index in [1.165, 1.54) is 18.2 Å². The average molecular weight is 574 g/mol. The van der Waals surface area contributed by atoms with Crippen LogP contribution in [0.15, 0.2) is 71.9 Å². The number of amides is 2. The van der Waals surface area contributed by atoms with Crippen LogP contribution in [0, 0.1) is 13.8 Å². The number of benzene rings is 3. The monoisotopic (exact) mass is 573 g/mol. The molecule has 39 heavy (non-hydrogen) atoms. The van der Waals surface area contributed by atoms with Crippen LogP contribution >= 0.6 is 23.4 Å². The van der Waals surface area contributed by atoms with Gasteiger partial charge in [0, 0.05) is 10.6 Å². The number of rotatable bonds is 8. The summed E-state index contributed by atoms with van der Waals surface area (Å²) in [4.78, 5) is 25.3. The maximum absolute atomic E-state index is 13.3. The van der Waals surface area contributed by atoms with Crippen LogP contribution < -0.4 is 10.6 Å². The van der Waals surface area contributed by atoms with Crippen LogP contribution in [0.25, 0.3) is 5.69 Å². The first-order valence-electron chi connectivity index (χ1n) is 11.7. The minimum atomic E-state index is -4.61. The van der Waals surface area contributed by atoms with Gasteiger partial charge in [0.15, 0.2) is 11.0 Å². The van der Waals surface area contributed by atoms with Gasteiger partial charge in [0.2, 0.25) is 5.91 Å². The molecule has 4 aromatic rings. The Kier molecular flexibility index (Phi) is 8.61. The van der Waals surface area contributed by atoms with E-state index in [9.17, 15) is 22.8 Å². The fourth-order valence-electron chi connectivity index (χ4n) is 3.68. The Morgan fingerprint density at radius 1 is 0.974 bits per heavy atom. The quantitative estimate of drug-likeness (QED) is 0.244. The number of alkyl halides is 3. The van der Waals surface area contributed by atoms with E-state index in [1.807, 2.05) is 19.9 Å². The maximum Gasteiger partial charge on any atom is 0.418 e. The molecule has 3 aromatic carbocycles. The van der Waals surface area contributed by atoms with Crippen molar-refractivity contribution < 1.29 is 22.8 Å². The zero-order valence-corrected chi connectivity index (χ0v) is 22.4. The zero-order chi connectivity index (χ0) is 28.2. The van der Waals surface area contributed by atoms with Gasteiger partial charge >= 0.3 is 6.18 Å². The Morgan fingerprint density at radius 2 is 1.74 bits per heavy atom. The summed E-state index contributed by atoms with van der Waals surface area (Å²) in [6.45, 7) is 3.90. The van der Waals surface area contributed by atoms with Crippen LogP contribution in [0.4, 0.5) is 18.9 Å². The van der Waals surface area contributed by atoms with Gasteiger partial charge in [-0.15, -0.1) is 10.2 Å². The highest BCUT2D eigenvalue weighted by Gasteiger charge is 2.33. The number of thioether (sulfide) groups is 1. The fourth-order valence-corrected chi connectivity index (χ4v) is 4.64. The first-order chi connectivity index (χ1) is 18.5. The molecule has 4 rings (SSSR count). The molecule has 0 saturated carbocycles. The fraction of sp³-hybridized carbons (Fsp3) is 0.185. The van der Waals surface area contributed by atoms with Crippen LogP contribution in [0.5, 0.6) is 0 Å². The number of hydrogen-bond donors (Lipinski definition) is 2. The normalized spacial score (nSPS) is 11.3. The summed E-state index contributed by atoms with van der Waals surface area (Å²) in [5.74, 6) is -0.808. The minimum absolute atomic E-state index is 0.0248. The number of halogens is 4. The lowest BCUT2D eigenvalue weighted by Crippen LogP contribution is -2.25. The van der Waals surface area contributed by atoms with Crippen molar-refractivity contribution in [2.75, 3.05) is 11.1 Å².